The van der Waals surface area contributed by atoms with Crippen molar-refractivity contribution >= 4 is 23.4 Å². The lowest BCUT2D eigenvalue weighted by Gasteiger charge is -2.24. The summed E-state index contributed by atoms with van der Waals surface area (Å²) < 4.78 is 24.3. The molecule has 0 heterocycles. The average Bonchev–Trinajstić information content (AvgIpc) is 2.30. The van der Waals surface area contributed by atoms with Gasteiger partial charge in [-0.3, -0.25) is 4.79 Å². The fraction of sp³-hybridized carbons (Fsp3) is 0.462. The van der Waals surface area contributed by atoms with Crippen LogP contribution in [0, 0.1) is 0 Å². The number of thioether (sulfide) groups is 1. The zero-order valence-corrected chi connectivity index (χ0v) is 12.0. The molecule has 0 bridgehead atoms. The minimum Gasteiger partial charge on any atom is -0.325 e. The maximum atomic E-state index is 12.2. The van der Waals surface area contributed by atoms with E-state index in [4.69, 9.17) is 0 Å². The summed E-state index contributed by atoms with van der Waals surface area (Å²) in [6, 6.07) is 6.36. The molecule has 1 aromatic carbocycles. The predicted molar refractivity (Wildman–Crippen MR) is 74.7 cm³/mol. The van der Waals surface area contributed by atoms with Gasteiger partial charge in [0.1, 0.15) is 0 Å². The summed E-state index contributed by atoms with van der Waals surface area (Å²) in [5, 5.41) is 5.81. The molecule has 1 rings (SSSR count). The fourth-order valence-corrected chi connectivity index (χ4v) is 2.03. The Bertz CT molecular complexity index is 421. The van der Waals surface area contributed by atoms with Crippen molar-refractivity contribution in [3.63, 3.8) is 0 Å². The summed E-state index contributed by atoms with van der Waals surface area (Å²) in [4.78, 5) is 12.5. The second kappa shape index (κ2) is 6.86. The highest BCUT2D eigenvalue weighted by Crippen LogP contribution is 2.26. The Morgan fingerprint density at radius 2 is 1.89 bits per heavy atom. The minimum absolute atomic E-state index is 0.163. The van der Waals surface area contributed by atoms with E-state index >= 15 is 0 Å². The number of benzene rings is 1. The van der Waals surface area contributed by atoms with E-state index in [0.29, 0.717) is 28.9 Å². The lowest BCUT2D eigenvalue weighted by atomic mass is 10.0. The van der Waals surface area contributed by atoms with Crippen LogP contribution in [0.25, 0.3) is 0 Å². The van der Waals surface area contributed by atoms with Crippen molar-refractivity contribution in [2.24, 2.45) is 0 Å². The summed E-state index contributed by atoms with van der Waals surface area (Å²) in [5.41, 5.74) is -0.0832. The largest absolute Gasteiger partial charge is 0.325 e. The Hall–Kier alpha value is -1.14. The van der Waals surface area contributed by atoms with Crippen LogP contribution in [0.4, 0.5) is 14.5 Å². The van der Waals surface area contributed by atoms with Crippen LogP contribution in [0.5, 0.6) is 0 Å². The van der Waals surface area contributed by atoms with Gasteiger partial charge >= 0.3 is 0 Å². The Kier molecular flexibility index (Phi) is 5.75. The molecule has 3 nitrogen and oxygen atoms in total. The molecule has 0 atom stereocenters. The highest BCUT2D eigenvalue weighted by Gasteiger charge is 2.26. The molecule has 1 aromatic rings. The van der Waals surface area contributed by atoms with Crippen molar-refractivity contribution in [3.8, 4) is 0 Å². The molecule has 2 N–H and O–H groups in total. The molecule has 0 aliphatic heterocycles. The first-order chi connectivity index (χ1) is 8.85. The van der Waals surface area contributed by atoms with Crippen LogP contribution in [0.3, 0.4) is 0 Å². The molecule has 1 amide bonds. The number of amides is 1. The standard InChI is InChI=1S/C13H18F2N2OS/c1-4-16-13(2,3)11(18)17-9-5-7-10(8-6-9)19-12(14)15/h5-8,12,16H,4H2,1-3H3,(H,17,18). The second-order valence-corrected chi connectivity index (χ2v) is 5.58. The van der Waals surface area contributed by atoms with E-state index in [0.717, 1.165) is 0 Å². The van der Waals surface area contributed by atoms with Crippen LogP contribution in [-0.2, 0) is 4.79 Å². The highest BCUT2D eigenvalue weighted by molar-refractivity contribution is 7.99. The summed E-state index contributed by atoms with van der Waals surface area (Å²) in [5.74, 6) is -2.60. The van der Waals surface area contributed by atoms with E-state index < -0.39 is 11.3 Å². The molecule has 106 valence electrons. The summed E-state index contributed by atoms with van der Waals surface area (Å²) in [6.07, 6.45) is 0. The van der Waals surface area contributed by atoms with Gasteiger partial charge < -0.3 is 10.6 Å². The van der Waals surface area contributed by atoms with Gasteiger partial charge in [-0.15, -0.1) is 0 Å². The third-order valence-electron chi connectivity index (χ3n) is 2.52. The van der Waals surface area contributed by atoms with Crippen LogP contribution in [0.2, 0.25) is 0 Å². The molecular weight excluding hydrogens is 270 g/mol. The molecule has 0 aliphatic rings. The van der Waals surface area contributed by atoms with Gasteiger partial charge in [0, 0.05) is 10.6 Å². The lowest BCUT2D eigenvalue weighted by Crippen LogP contribution is -2.49. The van der Waals surface area contributed by atoms with Gasteiger partial charge in [-0.1, -0.05) is 18.7 Å². The maximum absolute atomic E-state index is 12.2. The average molecular weight is 288 g/mol. The van der Waals surface area contributed by atoms with E-state index in [9.17, 15) is 13.6 Å². The number of halogens is 2. The molecule has 0 radical (unpaired) electrons. The minimum atomic E-state index is -2.44. The molecule has 6 heteroatoms. The van der Waals surface area contributed by atoms with Gasteiger partial charge in [-0.25, -0.2) is 0 Å². The van der Waals surface area contributed by atoms with E-state index in [2.05, 4.69) is 10.6 Å². The van der Waals surface area contributed by atoms with E-state index in [1.165, 1.54) is 0 Å². The SMILES string of the molecule is CCNC(C)(C)C(=O)Nc1ccc(SC(F)F)cc1. The Morgan fingerprint density at radius 3 is 2.37 bits per heavy atom. The topological polar surface area (TPSA) is 41.1 Å². The number of rotatable bonds is 6. The van der Waals surface area contributed by atoms with E-state index in [1.807, 2.05) is 6.92 Å². The first-order valence-corrected chi connectivity index (χ1v) is 6.84. The molecule has 0 aromatic heterocycles. The monoisotopic (exact) mass is 288 g/mol. The Morgan fingerprint density at radius 1 is 1.32 bits per heavy atom. The number of hydrogen-bond donors (Lipinski definition) is 2. The fourth-order valence-electron chi connectivity index (χ4n) is 1.53. The summed E-state index contributed by atoms with van der Waals surface area (Å²) in [7, 11) is 0. The lowest BCUT2D eigenvalue weighted by molar-refractivity contribution is -0.121. The first kappa shape index (κ1) is 15.9. The van der Waals surface area contributed by atoms with Gasteiger partial charge in [0.15, 0.2) is 0 Å². The number of hydrogen-bond acceptors (Lipinski definition) is 3. The number of anilines is 1. The van der Waals surface area contributed by atoms with Crippen LogP contribution in [-0.4, -0.2) is 23.7 Å². The van der Waals surface area contributed by atoms with Crippen molar-refractivity contribution in [3.05, 3.63) is 24.3 Å². The van der Waals surface area contributed by atoms with Gasteiger partial charge in [0.2, 0.25) is 5.91 Å². The van der Waals surface area contributed by atoms with Gasteiger partial charge in [0.25, 0.3) is 5.76 Å². The number of carbonyl (C=O) groups is 1. The van der Waals surface area contributed by atoms with Crippen molar-refractivity contribution in [1.29, 1.82) is 0 Å². The third kappa shape index (κ3) is 5.16. The number of alkyl halides is 2. The quantitative estimate of drug-likeness (QED) is 0.789. The first-order valence-electron chi connectivity index (χ1n) is 5.96. The molecule has 0 unspecified atom stereocenters. The van der Waals surface area contributed by atoms with Gasteiger partial charge in [0.05, 0.1) is 5.54 Å². The van der Waals surface area contributed by atoms with Crippen LogP contribution < -0.4 is 10.6 Å². The second-order valence-electron chi connectivity index (χ2n) is 4.51. The third-order valence-corrected chi connectivity index (χ3v) is 3.25. The van der Waals surface area contributed by atoms with Crippen molar-refractivity contribution < 1.29 is 13.6 Å². The number of likely N-dealkylation sites (N-methyl/N-ethyl adjacent to an activating group) is 1. The zero-order chi connectivity index (χ0) is 14.5. The molecular formula is C13H18F2N2OS. The molecule has 0 saturated heterocycles. The van der Waals surface area contributed by atoms with Crippen LogP contribution in [0.15, 0.2) is 29.2 Å². The Balaban J connectivity index is 2.65. The van der Waals surface area contributed by atoms with Gasteiger partial charge in [-0.05, 0) is 44.7 Å². The smallest absolute Gasteiger partial charge is 0.288 e. The van der Waals surface area contributed by atoms with Gasteiger partial charge in [-0.2, -0.15) is 8.78 Å². The van der Waals surface area contributed by atoms with Crippen molar-refractivity contribution in [2.45, 2.75) is 37.0 Å². The normalized spacial score (nSPS) is 11.7. The molecule has 0 saturated carbocycles. The molecule has 0 fully saturated rings. The number of carbonyl (C=O) groups excluding carboxylic acids is 1. The van der Waals surface area contributed by atoms with Crippen molar-refractivity contribution in [2.75, 3.05) is 11.9 Å². The zero-order valence-electron chi connectivity index (χ0n) is 11.2. The van der Waals surface area contributed by atoms with E-state index in [-0.39, 0.29) is 5.91 Å². The predicted octanol–water partition coefficient (Wildman–Crippen LogP) is 3.33. The Labute approximate surface area is 116 Å². The van der Waals surface area contributed by atoms with Crippen LogP contribution >= 0.6 is 11.8 Å². The molecule has 0 aliphatic carbocycles. The molecule has 0 spiro atoms. The maximum Gasteiger partial charge on any atom is 0.288 e. The van der Waals surface area contributed by atoms with Crippen LogP contribution in [0.1, 0.15) is 20.8 Å². The molecule has 19 heavy (non-hydrogen) atoms. The van der Waals surface area contributed by atoms with Crippen molar-refractivity contribution in [1.82, 2.24) is 5.32 Å². The number of nitrogens with one attached hydrogen (secondary N) is 2. The highest BCUT2D eigenvalue weighted by atomic mass is 32.2. The summed E-state index contributed by atoms with van der Waals surface area (Å²) in [6.45, 7) is 6.18. The summed E-state index contributed by atoms with van der Waals surface area (Å²) >= 11 is 0.481. The van der Waals surface area contributed by atoms with E-state index in [1.54, 1.807) is 38.1 Å².